The van der Waals surface area contributed by atoms with Gasteiger partial charge in [0.2, 0.25) is 0 Å². The quantitative estimate of drug-likeness (QED) is 0.780. The summed E-state index contributed by atoms with van der Waals surface area (Å²) in [7, 11) is 1.57. The first-order valence-corrected chi connectivity index (χ1v) is 7.58. The molecule has 2 aromatic carbocycles. The molecule has 0 unspecified atom stereocenters. The number of methoxy groups -OCH3 is 1. The molecule has 3 rings (SSSR count). The summed E-state index contributed by atoms with van der Waals surface area (Å²) < 4.78 is 10.8. The number of ether oxygens (including phenoxy) is 2. The van der Waals surface area contributed by atoms with Crippen molar-refractivity contribution in [3.8, 4) is 11.5 Å². The van der Waals surface area contributed by atoms with Gasteiger partial charge in [-0.1, -0.05) is 24.3 Å². The van der Waals surface area contributed by atoms with Crippen molar-refractivity contribution >= 4 is 22.5 Å². The second kappa shape index (κ2) is 7.00. The van der Waals surface area contributed by atoms with Crippen LogP contribution in [-0.2, 0) is 4.79 Å². The Morgan fingerprint density at radius 1 is 1.12 bits per heavy atom. The Morgan fingerprint density at radius 2 is 1.96 bits per heavy atom. The molecule has 0 saturated carbocycles. The van der Waals surface area contributed by atoms with Gasteiger partial charge in [-0.15, -0.1) is 0 Å². The fourth-order valence-corrected chi connectivity index (χ4v) is 2.37. The average molecular weight is 322 g/mol. The fraction of sp³-hybridized carbons (Fsp3) is 0.158. The third-order valence-electron chi connectivity index (χ3n) is 3.55. The van der Waals surface area contributed by atoms with Gasteiger partial charge in [0.15, 0.2) is 18.1 Å². The maximum absolute atomic E-state index is 12.1. The number of carbonyl (C=O) groups is 1. The van der Waals surface area contributed by atoms with Gasteiger partial charge in [0.25, 0.3) is 5.91 Å². The highest BCUT2D eigenvalue weighted by Gasteiger charge is 2.08. The van der Waals surface area contributed by atoms with E-state index in [1.807, 2.05) is 49.4 Å². The number of carbonyl (C=O) groups excluding carboxylic acids is 1. The van der Waals surface area contributed by atoms with Gasteiger partial charge in [-0.3, -0.25) is 9.78 Å². The number of hydrogen-bond donors (Lipinski definition) is 1. The summed E-state index contributed by atoms with van der Waals surface area (Å²) in [5.41, 5.74) is 2.58. The molecule has 5 nitrogen and oxygen atoms in total. The van der Waals surface area contributed by atoms with E-state index in [4.69, 9.17) is 9.47 Å². The maximum atomic E-state index is 12.1. The Morgan fingerprint density at radius 3 is 2.79 bits per heavy atom. The Balaban J connectivity index is 1.65. The molecule has 0 aliphatic heterocycles. The molecule has 1 heterocycles. The number of para-hydroxylation sites is 1. The van der Waals surface area contributed by atoms with Gasteiger partial charge >= 0.3 is 0 Å². The largest absolute Gasteiger partial charge is 0.493 e. The van der Waals surface area contributed by atoms with Crippen molar-refractivity contribution in [3.63, 3.8) is 0 Å². The average Bonchev–Trinajstić information content (AvgIpc) is 2.60. The summed E-state index contributed by atoms with van der Waals surface area (Å²) in [6.07, 6.45) is 1.63. The molecule has 1 amide bonds. The van der Waals surface area contributed by atoms with Crippen LogP contribution in [0.4, 0.5) is 5.69 Å². The molecule has 0 atom stereocenters. The summed E-state index contributed by atoms with van der Waals surface area (Å²) >= 11 is 0. The van der Waals surface area contributed by atoms with E-state index in [1.54, 1.807) is 19.4 Å². The Bertz CT molecular complexity index is 877. The zero-order valence-electron chi connectivity index (χ0n) is 13.6. The lowest BCUT2D eigenvalue weighted by Crippen LogP contribution is -2.20. The number of rotatable bonds is 5. The van der Waals surface area contributed by atoms with E-state index in [1.165, 1.54) is 0 Å². The molecule has 122 valence electrons. The monoisotopic (exact) mass is 322 g/mol. The van der Waals surface area contributed by atoms with Crippen LogP contribution in [0.15, 0.2) is 54.7 Å². The normalized spacial score (nSPS) is 10.4. The maximum Gasteiger partial charge on any atom is 0.262 e. The molecule has 1 N–H and O–H groups in total. The van der Waals surface area contributed by atoms with Crippen LogP contribution in [0.25, 0.3) is 10.9 Å². The van der Waals surface area contributed by atoms with Gasteiger partial charge in [-0.2, -0.15) is 0 Å². The standard InChI is InChI=1S/C19H18N2O3/c1-13-7-8-17(18(9-13)23-2)24-12-19(22)21-15-10-14-5-3-4-6-16(14)20-11-15/h3-11H,12H2,1-2H3,(H,21,22). The van der Waals surface area contributed by atoms with Crippen molar-refractivity contribution in [2.45, 2.75) is 6.92 Å². The number of fused-ring (bicyclic) bond motifs is 1. The van der Waals surface area contributed by atoms with Crippen molar-refractivity contribution in [3.05, 3.63) is 60.3 Å². The lowest BCUT2D eigenvalue weighted by atomic mass is 10.2. The summed E-state index contributed by atoms with van der Waals surface area (Å²) in [5, 5.41) is 3.75. The van der Waals surface area contributed by atoms with Crippen molar-refractivity contribution in [2.75, 3.05) is 19.0 Å². The van der Waals surface area contributed by atoms with Gasteiger partial charge < -0.3 is 14.8 Å². The van der Waals surface area contributed by atoms with Gasteiger partial charge in [-0.25, -0.2) is 0 Å². The van der Waals surface area contributed by atoms with E-state index >= 15 is 0 Å². The van der Waals surface area contributed by atoms with Crippen LogP contribution in [0.3, 0.4) is 0 Å². The van der Waals surface area contributed by atoms with Crippen LogP contribution >= 0.6 is 0 Å². The molecule has 3 aromatic rings. The first-order chi connectivity index (χ1) is 11.7. The molecule has 0 saturated heterocycles. The minimum Gasteiger partial charge on any atom is -0.493 e. The lowest BCUT2D eigenvalue weighted by Gasteiger charge is -2.11. The molecule has 0 aliphatic rings. The smallest absolute Gasteiger partial charge is 0.262 e. The topological polar surface area (TPSA) is 60.5 Å². The third-order valence-corrected chi connectivity index (χ3v) is 3.55. The summed E-state index contributed by atoms with van der Waals surface area (Å²) in [4.78, 5) is 16.4. The highest BCUT2D eigenvalue weighted by Crippen LogP contribution is 2.27. The second-order valence-electron chi connectivity index (χ2n) is 5.41. The van der Waals surface area contributed by atoms with Crippen molar-refractivity contribution in [1.82, 2.24) is 4.98 Å². The number of benzene rings is 2. The first-order valence-electron chi connectivity index (χ1n) is 7.58. The van der Waals surface area contributed by atoms with Crippen LogP contribution < -0.4 is 14.8 Å². The minimum atomic E-state index is -0.255. The van der Waals surface area contributed by atoms with Gasteiger partial charge in [0.05, 0.1) is 24.5 Å². The number of pyridine rings is 1. The van der Waals surface area contributed by atoms with E-state index in [-0.39, 0.29) is 12.5 Å². The number of aryl methyl sites for hydroxylation is 1. The van der Waals surface area contributed by atoms with Crippen LogP contribution in [0.2, 0.25) is 0 Å². The molecule has 5 heteroatoms. The number of nitrogens with zero attached hydrogens (tertiary/aromatic N) is 1. The Labute approximate surface area is 140 Å². The van der Waals surface area contributed by atoms with E-state index in [0.717, 1.165) is 16.5 Å². The zero-order chi connectivity index (χ0) is 16.9. The zero-order valence-corrected chi connectivity index (χ0v) is 13.6. The van der Waals surface area contributed by atoms with Crippen molar-refractivity contribution in [2.24, 2.45) is 0 Å². The van der Waals surface area contributed by atoms with E-state index in [9.17, 15) is 4.79 Å². The highest BCUT2D eigenvalue weighted by molar-refractivity contribution is 5.94. The second-order valence-corrected chi connectivity index (χ2v) is 5.41. The summed E-state index contributed by atoms with van der Waals surface area (Å²) in [5.74, 6) is 0.889. The molecule has 0 aliphatic carbocycles. The van der Waals surface area contributed by atoms with Crippen LogP contribution in [0.5, 0.6) is 11.5 Å². The van der Waals surface area contributed by atoms with Crippen LogP contribution in [0.1, 0.15) is 5.56 Å². The van der Waals surface area contributed by atoms with Crippen LogP contribution in [0, 0.1) is 6.92 Å². The summed E-state index contributed by atoms with van der Waals surface area (Å²) in [6.45, 7) is 1.86. The minimum absolute atomic E-state index is 0.105. The number of amides is 1. The van der Waals surface area contributed by atoms with Gasteiger partial charge in [0, 0.05) is 5.39 Å². The number of anilines is 1. The Kier molecular flexibility index (Phi) is 4.61. The van der Waals surface area contributed by atoms with Crippen molar-refractivity contribution < 1.29 is 14.3 Å². The summed E-state index contributed by atoms with van der Waals surface area (Å²) in [6, 6.07) is 15.2. The number of aromatic nitrogens is 1. The van der Waals surface area contributed by atoms with Crippen molar-refractivity contribution in [1.29, 1.82) is 0 Å². The number of hydrogen-bond acceptors (Lipinski definition) is 4. The third kappa shape index (κ3) is 3.63. The molecule has 0 spiro atoms. The molecular formula is C19H18N2O3. The molecule has 0 radical (unpaired) electrons. The van der Waals surface area contributed by atoms with Gasteiger partial charge in [0.1, 0.15) is 0 Å². The van der Waals surface area contributed by atoms with Gasteiger partial charge in [-0.05, 0) is 36.8 Å². The SMILES string of the molecule is COc1cc(C)ccc1OCC(=O)Nc1cnc2ccccc2c1. The predicted octanol–water partition coefficient (Wildman–Crippen LogP) is 3.57. The van der Waals surface area contributed by atoms with E-state index < -0.39 is 0 Å². The van der Waals surface area contributed by atoms with Crippen LogP contribution in [-0.4, -0.2) is 24.6 Å². The first kappa shape index (κ1) is 15.8. The van der Waals surface area contributed by atoms with E-state index in [0.29, 0.717) is 17.2 Å². The highest BCUT2D eigenvalue weighted by atomic mass is 16.5. The lowest BCUT2D eigenvalue weighted by molar-refractivity contribution is -0.118. The molecule has 0 fully saturated rings. The Hall–Kier alpha value is -3.08. The number of nitrogens with one attached hydrogen (secondary N) is 1. The molecular weight excluding hydrogens is 304 g/mol. The molecule has 0 bridgehead atoms. The fourth-order valence-electron chi connectivity index (χ4n) is 2.37. The predicted molar refractivity (Wildman–Crippen MR) is 93.6 cm³/mol. The molecule has 1 aromatic heterocycles. The van der Waals surface area contributed by atoms with E-state index in [2.05, 4.69) is 10.3 Å². The molecule has 24 heavy (non-hydrogen) atoms.